The van der Waals surface area contributed by atoms with Gasteiger partial charge in [-0.25, -0.2) is 0 Å². The molecule has 3 aromatic rings. The fourth-order valence-corrected chi connectivity index (χ4v) is 1.93. The van der Waals surface area contributed by atoms with Crippen molar-refractivity contribution in [2.75, 3.05) is 0 Å². The fourth-order valence-electron chi connectivity index (χ4n) is 1.93. The Kier molecular flexibility index (Phi) is 2.38. The molecule has 0 aliphatic rings. The molecule has 0 aliphatic carbocycles. The van der Waals surface area contributed by atoms with Crippen molar-refractivity contribution in [2.24, 2.45) is 0 Å². The van der Waals surface area contributed by atoms with Crippen molar-refractivity contribution in [3.05, 3.63) is 66.2 Å². The summed E-state index contributed by atoms with van der Waals surface area (Å²) in [4.78, 5) is 4.25. The molecule has 0 spiro atoms. The van der Waals surface area contributed by atoms with Crippen LogP contribution in [0.15, 0.2) is 59.3 Å². The molecule has 1 aromatic carbocycles. The van der Waals surface area contributed by atoms with Gasteiger partial charge in [0.2, 0.25) is 0 Å². The fraction of sp³-hybridized carbons (Fsp3) is 0.0714. The Balaban J connectivity index is 2.13. The monoisotopic (exact) mass is 225 g/mol. The maximum atomic E-state index is 10.3. The molecule has 0 saturated carbocycles. The van der Waals surface area contributed by atoms with Crippen LogP contribution in [0.3, 0.4) is 0 Å². The lowest BCUT2D eigenvalue weighted by Gasteiger charge is -2.10. The minimum atomic E-state index is -0.725. The quantitative estimate of drug-likeness (QED) is 0.729. The first kappa shape index (κ1) is 10.1. The normalized spacial score (nSPS) is 12.8. The number of pyridine rings is 1. The standard InChI is InChI=1S/C14H11NO2/c16-14(10-4-2-1-3-5-10)13-11-7-9-17-12(11)6-8-15-13/h1-9,14,16H. The smallest absolute Gasteiger partial charge is 0.137 e. The molecule has 1 atom stereocenters. The molecule has 17 heavy (non-hydrogen) atoms. The third-order valence-electron chi connectivity index (χ3n) is 2.78. The second-order valence-electron chi connectivity index (χ2n) is 3.84. The predicted octanol–water partition coefficient (Wildman–Crippen LogP) is 2.91. The second kappa shape index (κ2) is 4.03. The summed E-state index contributed by atoms with van der Waals surface area (Å²) in [6.07, 6.45) is 2.53. The lowest BCUT2D eigenvalue weighted by atomic mass is 10.0. The van der Waals surface area contributed by atoms with Crippen LogP contribution in [0.25, 0.3) is 11.0 Å². The molecule has 0 fully saturated rings. The van der Waals surface area contributed by atoms with E-state index in [-0.39, 0.29) is 0 Å². The first-order valence-electron chi connectivity index (χ1n) is 5.41. The summed E-state index contributed by atoms with van der Waals surface area (Å²) in [7, 11) is 0. The zero-order chi connectivity index (χ0) is 11.7. The van der Waals surface area contributed by atoms with Gasteiger partial charge in [-0.1, -0.05) is 30.3 Å². The van der Waals surface area contributed by atoms with Gasteiger partial charge < -0.3 is 9.52 Å². The second-order valence-corrected chi connectivity index (χ2v) is 3.84. The minimum Gasteiger partial charge on any atom is -0.464 e. The Morgan fingerprint density at radius 3 is 2.71 bits per heavy atom. The van der Waals surface area contributed by atoms with E-state index in [1.54, 1.807) is 18.5 Å². The molecule has 2 heterocycles. The van der Waals surface area contributed by atoms with Crippen LogP contribution in [0.5, 0.6) is 0 Å². The minimum absolute atomic E-state index is 0.627. The van der Waals surface area contributed by atoms with Crippen LogP contribution in [0.1, 0.15) is 17.4 Å². The van der Waals surface area contributed by atoms with Gasteiger partial charge in [0.1, 0.15) is 11.7 Å². The molecular weight excluding hydrogens is 214 g/mol. The lowest BCUT2D eigenvalue weighted by Crippen LogP contribution is -2.02. The maximum Gasteiger partial charge on any atom is 0.137 e. The highest BCUT2D eigenvalue weighted by Crippen LogP contribution is 2.27. The van der Waals surface area contributed by atoms with Crippen LogP contribution in [0.2, 0.25) is 0 Å². The van der Waals surface area contributed by atoms with Gasteiger partial charge in [0.15, 0.2) is 0 Å². The first-order valence-corrected chi connectivity index (χ1v) is 5.41. The Morgan fingerprint density at radius 1 is 1.06 bits per heavy atom. The van der Waals surface area contributed by atoms with Crippen LogP contribution in [-0.4, -0.2) is 10.1 Å². The molecule has 3 heteroatoms. The highest BCUT2D eigenvalue weighted by atomic mass is 16.3. The number of nitrogens with zero attached hydrogens (tertiary/aromatic N) is 1. The molecule has 3 rings (SSSR count). The average molecular weight is 225 g/mol. The summed E-state index contributed by atoms with van der Waals surface area (Å²) in [6, 6.07) is 13.1. The van der Waals surface area contributed by atoms with E-state index in [1.165, 1.54) is 0 Å². The van der Waals surface area contributed by atoms with E-state index in [0.717, 1.165) is 16.5 Å². The number of fused-ring (bicyclic) bond motifs is 1. The summed E-state index contributed by atoms with van der Waals surface area (Å²) < 4.78 is 5.29. The predicted molar refractivity (Wildman–Crippen MR) is 64.5 cm³/mol. The molecule has 2 aromatic heterocycles. The van der Waals surface area contributed by atoms with E-state index in [2.05, 4.69) is 4.98 Å². The number of hydrogen-bond donors (Lipinski definition) is 1. The van der Waals surface area contributed by atoms with Crippen LogP contribution in [-0.2, 0) is 0 Å². The van der Waals surface area contributed by atoms with E-state index in [4.69, 9.17) is 4.42 Å². The van der Waals surface area contributed by atoms with Crippen molar-refractivity contribution in [3.63, 3.8) is 0 Å². The maximum absolute atomic E-state index is 10.3. The van der Waals surface area contributed by atoms with E-state index >= 15 is 0 Å². The summed E-state index contributed by atoms with van der Waals surface area (Å²) in [5.74, 6) is 0. The molecular formula is C14H11NO2. The van der Waals surface area contributed by atoms with Gasteiger partial charge in [-0.2, -0.15) is 0 Å². The summed E-state index contributed by atoms with van der Waals surface area (Å²) >= 11 is 0. The number of benzene rings is 1. The Bertz CT molecular complexity index is 631. The number of aromatic nitrogens is 1. The van der Waals surface area contributed by atoms with Crippen molar-refractivity contribution in [2.45, 2.75) is 6.10 Å². The third kappa shape index (κ3) is 1.70. The highest BCUT2D eigenvalue weighted by Gasteiger charge is 2.15. The van der Waals surface area contributed by atoms with Gasteiger partial charge in [0.05, 0.1) is 12.0 Å². The van der Waals surface area contributed by atoms with Crippen LogP contribution < -0.4 is 0 Å². The van der Waals surface area contributed by atoms with Crippen molar-refractivity contribution in [1.29, 1.82) is 0 Å². The molecule has 0 bridgehead atoms. The lowest BCUT2D eigenvalue weighted by molar-refractivity contribution is 0.217. The zero-order valence-corrected chi connectivity index (χ0v) is 9.08. The Labute approximate surface area is 98.3 Å². The van der Waals surface area contributed by atoms with E-state index in [0.29, 0.717) is 5.69 Å². The van der Waals surface area contributed by atoms with Gasteiger partial charge in [-0.05, 0) is 17.7 Å². The number of furan rings is 1. The van der Waals surface area contributed by atoms with Crippen LogP contribution >= 0.6 is 0 Å². The van der Waals surface area contributed by atoms with E-state index in [1.807, 2.05) is 36.4 Å². The molecule has 1 N–H and O–H groups in total. The molecule has 0 aliphatic heterocycles. The molecule has 3 nitrogen and oxygen atoms in total. The highest BCUT2D eigenvalue weighted by molar-refractivity contribution is 5.79. The van der Waals surface area contributed by atoms with Gasteiger partial charge >= 0.3 is 0 Å². The average Bonchev–Trinajstić information content (AvgIpc) is 2.87. The van der Waals surface area contributed by atoms with Gasteiger partial charge in [-0.15, -0.1) is 0 Å². The number of hydrogen-bond acceptors (Lipinski definition) is 3. The molecule has 0 amide bonds. The van der Waals surface area contributed by atoms with Crippen LogP contribution in [0, 0.1) is 0 Å². The molecule has 84 valence electrons. The Morgan fingerprint density at radius 2 is 1.88 bits per heavy atom. The largest absolute Gasteiger partial charge is 0.464 e. The summed E-state index contributed by atoms with van der Waals surface area (Å²) in [6.45, 7) is 0. The van der Waals surface area contributed by atoms with Crippen LogP contribution in [0.4, 0.5) is 0 Å². The molecule has 0 saturated heterocycles. The SMILES string of the molecule is OC(c1ccccc1)c1nccc2occc12. The number of aliphatic hydroxyl groups excluding tert-OH is 1. The van der Waals surface area contributed by atoms with Crippen molar-refractivity contribution in [3.8, 4) is 0 Å². The summed E-state index contributed by atoms with van der Waals surface area (Å²) in [5, 5.41) is 11.2. The van der Waals surface area contributed by atoms with Crippen molar-refractivity contribution in [1.82, 2.24) is 4.98 Å². The zero-order valence-electron chi connectivity index (χ0n) is 9.08. The first-order chi connectivity index (χ1) is 8.36. The van der Waals surface area contributed by atoms with Crippen molar-refractivity contribution >= 4 is 11.0 Å². The molecule has 0 radical (unpaired) electrons. The topological polar surface area (TPSA) is 46.3 Å². The summed E-state index contributed by atoms with van der Waals surface area (Å²) in [5.41, 5.74) is 2.20. The van der Waals surface area contributed by atoms with Gasteiger partial charge in [0, 0.05) is 11.6 Å². The number of rotatable bonds is 2. The number of aliphatic hydroxyl groups is 1. The Hall–Kier alpha value is -2.13. The third-order valence-corrected chi connectivity index (χ3v) is 2.78. The van der Waals surface area contributed by atoms with Gasteiger partial charge in [0.25, 0.3) is 0 Å². The van der Waals surface area contributed by atoms with E-state index in [9.17, 15) is 5.11 Å². The molecule has 1 unspecified atom stereocenters. The van der Waals surface area contributed by atoms with E-state index < -0.39 is 6.10 Å². The van der Waals surface area contributed by atoms with Crippen molar-refractivity contribution < 1.29 is 9.52 Å². The van der Waals surface area contributed by atoms with Gasteiger partial charge in [-0.3, -0.25) is 4.98 Å².